The number of rotatable bonds is 10. The van der Waals surface area contributed by atoms with E-state index in [1.807, 2.05) is 32.0 Å². The second kappa shape index (κ2) is 9.78. The molecule has 0 saturated heterocycles. The number of hydrogen-bond acceptors (Lipinski definition) is 4. The van der Waals surface area contributed by atoms with Crippen molar-refractivity contribution < 1.29 is 14.6 Å². The largest absolute Gasteiger partial charge is 0.508 e. The molecule has 19 heavy (non-hydrogen) atoms. The van der Waals surface area contributed by atoms with E-state index in [0.717, 1.165) is 31.9 Å². The minimum Gasteiger partial charge on any atom is -0.508 e. The topological polar surface area (TPSA) is 41.9 Å². The zero-order valence-electron chi connectivity index (χ0n) is 12.0. The number of ether oxygens (including phenoxy) is 2. The lowest BCUT2D eigenvalue weighted by molar-refractivity contribution is 0.0794. The summed E-state index contributed by atoms with van der Waals surface area (Å²) in [4.78, 5) is 2.24. The van der Waals surface area contributed by atoms with Crippen molar-refractivity contribution in [3.8, 4) is 5.75 Å². The van der Waals surface area contributed by atoms with Gasteiger partial charge in [-0.25, -0.2) is 0 Å². The number of phenolic OH excluding ortho intramolecular Hbond substituents is 1. The minimum absolute atomic E-state index is 0.348. The normalized spacial score (nSPS) is 11.1. The maximum atomic E-state index is 9.81. The fraction of sp³-hybridized carbons (Fsp3) is 0.600. The molecule has 0 aliphatic heterocycles. The van der Waals surface area contributed by atoms with Gasteiger partial charge in [0.2, 0.25) is 0 Å². The molecule has 0 saturated carbocycles. The predicted molar refractivity (Wildman–Crippen MR) is 76.4 cm³/mol. The summed E-state index contributed by atoms with van der Waals surface area (Å²) in [6.07, 6.45) is 0. The van der Waals surface area contributed by atoms with E-state index in [1.54, 1.807) is 6.07 Å². The second-order valence-electron chi connectivity index (χ2n) is 4.30. The van der Waals surface area contributed by atoms with Crippen LogP contribution in [0.5, 0.6) is 5.75 Å². The van der Waals surface area contributed by atoms with Gasteiger partial charge in [-0.05, 0) is 19.9 Å². The fourth-order valence-corrected chi connectivity index (χ4v) is 1.83. The van der Waals surface area contributed by atoms with Crippen LogP contribution in [0, 0.1) is 0 Å². The molecule has 1 aromatic rings. The Hall–Kier alpha value is -1.10. The summed E-state index contributed by atoms with van der Waals surface area (Å²) in [5.41, 5.74) is 0.940. The molecular weight excluding hydrogens is 242 g/mol. The van der Waals surface area contributed by atoms with Crippen LogP contribution in [0.3, 0.4) is 0 Å². The predicted octanol–water partition coefficient (Wildman–Crippen LogP) is 2.27. The number of hydrogen-bond donors (Lipinski definition) is 1. The summed E-state index contributed by atoms with van der Waals surface area (Å²) in [5, 5.41) is 9.81. The number of benzene rings is 1. The lowest BCUT2D eigenvalue weighted by Gasteiger charge is -2.22. The minimum atomic E-state index is 0.348. The first kappa shape index (κ1) is 16.0. The first-order valence-electron chi connectivity index (χ1n) is 6.92. The maximum absolute atomic E-state index is 9.81. The Bertz CT molecular complexity index is 334. The summed E-state index contributed by atoms with van der Waals surface area (Å²) in [5.74, 6) is 0.348. The van der Waals surface area contributed by atoms with Gasteiger partial charge in [0.1, 0.15) is 5.75 Å². The van der Waals surface area contributed by atoms with Gasteiger partial charge in [0.15, 0.2) is 0 Å². The van der Waals surface area contributed by atoms with Crippen LogP contribution >= 0.6 is 0 Å². The summed E-state index contributed by atoms with van der Waals surface area (Å²) < 4.78 is 10.8. The van der Waals surface area contributed by atoms with Crippen molar-refractivity contribution in [1.29, 1.82) is 0 Å². The third-order valence-corrected chi connectivity index (χ3v) is 2.90. The smallest absolute Gasteiger partial charge is 0.120 e. The van der Waals surface area contributed by atoms with E-state index in [1.165, 1.54) is 0 Å². The molecule has 0 spiro atoms. The average Bonchev–Trinajstić information content (AvgIpc) is 2.41. The first-order chi connectivity index (χ1) is 9.27. The van der Waals surface area contributed by atoms with Crippen LogP contribution < -0.4 is 0 Å². The van der Waals surface area contributed by atoms with E-state index in [9.17, 15) is 5.11 Å². The monoisotopic (exact) mass is 267 g/mol. The average molecular weight is 267 g/mol. The van der Waals surface area contributed by atoms with E-state index in [-0.39, 0.29) is 0 Å². The molecule has 0 radical (unpaired) electrons. The SMILES string of the molecule is CCOCCN(CCOCC)Cc1ccccc1O. The number of aromatic hydroxyl groups is 1. The van der Waals surface area contributed by atoms with Gasteiger partial charge >= 0.3 is 0 Å². The molecule has 0 unspecified atom stereocenters. The molecule has 0 aliphatic rings. The van der Waals surface area contributed by atoms with Crippen molar-refractivity contribution in [2.45, 2.75) is 20.4 Å². The van der Waals surface area contributed by atoms with Crippen molar-refractivity contribution in [3.05, 3.63) is 29.8 Å². The van der Waals surface area contributed by atoms with Gasteiger partial charge in [0, 0.05) is 38.4 Å². The van der Waals surface area contributed by atoms with Gasteiger partial charge in [-0.1, -0.05) is 18.2 Å². The van der Waals surface area contributed by atoms with E-state index in [2.05, 4.69) is 4.90 Å². The second-order valence-corrected chi connectivity index (χ2v) is 4.30. The standard InChI is InChI=1S/C15H25NO3/c1-3-18-11-9-16(10-12-19-4-2)13-14-7-5-6-8-15(14)17/h5-8,17H,3-4,9-13H2,1-2H3. The third-order valence-electron chi connectivity index (χ3n) is 2.90. The molecule has 1 aromatic carbocycles. The Morgan fingerprint density at radius 2 is 1.58 bits per heavy atom. The summed E-state index contributed by atoms with van der Waals surface area (Å²) in [6, 6.07) is 7.45. The molecule has 0 aliphatic carbocycles. The molecule has 0 fully saturated rings. The lowest BCUT2D eigenvalue weighted by atomic mass is 10.2. The summed E-state index contributed by atoms with van der Waals surface area (Å²) in [7, 11) is 0. The van der Waals surface area contributed by atoms with Gasteiger partial charge in [-0.15, -0.1) is 0 Å². The number of nitrogens with zero attached hydrogens (tertiary/aromatic N) is 1. The number of para-hydroxylation sites is 1. The molecule has 1 N–H and O–H groups in total. The first-order valence-corrected chi connectivity index (χ1v) is 6.92. The summed E-state index contributed by atoms with van der Waals surface area (Å²) >= 11 is 0. The van der Waals surface area contributed by atoms with Crippen molar-refractivity contribution in [2.75, 3.05) is 39.5 Å². The Labute approximate surface area is 115 Å². The molecule has 108 valence electrons. The fourth-order valence-electron chi connectivity index (χ4n) is 1.83. The van der Waals surface area contributed by atoms with Crippen LogP contribution in [0.15, 0.2) is 24.3 Å². The van der Waals surface area contributed by atoms with Crippen LogP contribution in [0.25, 0.3) is 0 Å². The third kappa shape index (κ3) is 6.57. The molecule has 0 aromatic heterocycles. The lowest BCUT2D eigenvalue weighted by Crippen LogP contribution is -2.30. The molecular formula is C15H25NO3. The Kier molecular flexibility index (Phi) is 8.21. The highest BCUT2D eigenvalue weighted by Crippen LogP contribution is 2.17. The van der Waals surface area contributed by atoms with E-state index < -0.39 is 0 Å². The van der Waals surface area contributed by atoms with Crippen LogP contribution in [0.4, 0.5) is 0 Å². The van der Waals surface area contributed by atoms with Gasteiger partial charge in [0.05, 0.1) is 13.2 Å². The van der Waals surface area contributed by atoms with Crippen molar-refractivity contribution >= 4 is 0 Å². The molecule has 4 heteroatoms. The van der Waals surface area contributed by atoms with Gasteiger partial charge in [-0.3, -0.25) is 4.90 Å². The highest BCUT2D eigenvalue weighted by atomic mass is 16.5. The quantitative estimate of drug-likeness (QED) is 0.660. The molecule has 0 heterocycles. The summed E-state index contributed by atoms with van der Waals surface area (Å²) in [6.45, 7) is 9.26. The van der Waals surface area contributed by atoms with Crippen LogP contribution in [0.1, 0.15) is 19.4 Å². The van der Waals surface area contributed by atoms with Gasteiger partial charge in [-0.2, -0.15) is 0 Å². The van der Waals surface area contributed by atoms with E-state index >= 15 is 0 Å². The Balaban J connectivity index is 2.49. The highest BCUT2D eigenvalue weighted by Gasteiger charge is 2.08. The van der Waals surface area contributed by atoms with E-state index in [0.29, 0.717) is 25.5 Å². The van der Waals surface area contributed by atoms with Gasteiger partial charge < -0.3 is 14.6 Å². The molecule has 0 atom stereocenters. The molecule has 1 rings (SSSR count). The Morgan fingerprint density at radius 3 is 2.11 bits per heavy atom. The molecule has 4 nitrogen and oxygen atoms in total. The number of phenols is 1. The van der Waals surface area contributed by atoms with Crippen LogP contribution in [0.2, 0.25) is 0 Å². The molecule has 0 amide bonds. The van der Waals surface area contributed by atoms with Crippen molar-refractivity contribution in [3.63, 3.8) is 0 Å². The van der Waals surface area contributed by atoms with Crippen LogP contribution in [-0.4, -0.2) is 49.5 Å². The van der Waals surface area contributed by atoms with Crippen molar-refractivity contribution in [1.82, 2.24) is 4.90 Å². The van der Waals surface area contributed by atoms with Crippen LogP contribution in [-0.2, 0) is 16.0 Å². The highest BCUT2D eigenvalue weighted by molar-refractivity contribution is 5.31. The molecule has 0 bridgehead atoms. The maximum Gasteiger partial charge on any atom is 0.120 e. The Morgan fingerprint density at radius 1 is 1.00 bits per heavy atom. The zero-order chi connectivity index (χ0) is 13.9. The van der Waals surface area contributed by atoms with Crippen molar-refractivity contribution in [2.24, 2.45) is 0 Å². The van der Waals surface area contributed by atoms with Gasteiger partial charge in [0.25, 0.3) is 0 Å². The van der Waals surface area contributed by atoms with E-state index in [4.69, 9.17) is 9.47 Å². The zero-order valence-corrected chi connectivity index (χ0v) is 12.0.